The van der Waals surface area contributed by atoms with E-state index in [1.165, 1.54) is 7.11 Å². The number of rotatable bonds is 2. The molecule has 0 spiro atoms. The van der Waals surface area contributed by atoms with Crippen molar-refractivity contribution in [3.8, 4) is 0 Å². The lowest BCUT2D eigenvalue weighted by molar-refractivity contribution is 0.00578. The fraction of sp³-hybridized carbons (Fsp3) is 0.533. The van der Waals surface area contributed by atoms with Crippen molar-refractivity contribution in [3.05, 3.63) is 23.7 Å². The zero-order valence-electron chi connectivity index (χ0n) is 14.2. The Kier molecular flexibility index (Phi) is 3.49. The molecule has 1 saturated heterocycles. The van der Waals surface area contributed by atoms with Gasteiger partial charge in [0.1, 0.15) is 0 Å². The smallest absolute Gasteiger partial charge is 0.463 e. The highest BCUT2D eigenvalue weighted by Gasteiger charge is 2.51. The van der Waals surface area contributed by atoms with E-state index < -0.39 is 24.3 Å². The first-order valence-electron chi connectivity index (χ1n) is 7.45. The van der Waals surface area contributed by atoms with Crippen molar-refractivity contribution < 1.29 is 18.8 Å². The minimum atomic E-state index is -0.565. The van der Waals surface area contributed by atoms with Crippen LogP contribution in [0, 0.1) is 6.92 Å². The predicted molar refractivity (Wildman–Crippen MR) is 84.8 cm³/mol. The number of nitrogens with zero attached hydrogens (tertiary/aromatic N) is 3. The summed E-state index contributed by atoms with van der Waals surface area (Å²) in [5, 5.41) is 4.17. The van der Waals surface area contributed by atoms with E-state index in [2.05, 4.69) is 14.8 Å². The Hall–Kier alpha value is -1.93. The van der Waals surface area contributed by atoms with Gasteiger partial charge in [0.25, 0.3) is 5.82 Å². The number of carbonyl (C=O) groups is 1. The molecule has 2 aromatic rings. The van der Waals surface area contributed by atoms with E-state index in [1.807, 2.05) is 40.7 Å². The Balaban J connectivity index is 2.02. The van der Waals surface area contributed by atoms with Crippen molar-refractivity contribution >= 4 is 24.2 Å². The van der Waals surface area contributed by atoms with Crippen LogP contribution in [0.1, 0.15) is 43.9 Å². The van der Waals surface area contributed by atoms with E-state index in [0.717, 1.165) is 11.0 Å². The average molecular weight is 317 g/mol. The molecule has 1 aliphatic heterocycles. The molecule has 3 rings (SSSR count). The van der Waals surface area contributed by atoms with Crippen molar-refractivity contribution in [1.29, 1.82) is 0 Å². The lowest BCUT2D eigenvalue weighted by atomic mass is 9.80. The number of methoxy groups -OCH3 is 1. The number of hydrogen-bond acceptors (Lipinski definition) is 6. The van der Waals surface area contributed by atoms with Crippen LogP contribution >= 0.6 is 0 Å². The maximum absolute atomic E-state index is 11.6. The van der Waals surface area contributed by atoms with Crippen molar-refractivity contribution in [2.24, 2.45) is 0 Å². The van der Waals surface area contributed by atoms with Gasteiger partial charge < -0.3 is 14.0 Å². The van der Waals surface area contributed by atoms with Gasteiger partial charge in [-0.1, -0.05) is 6.07 Å². The molecule has 0 aromatic carbocycles. The van der Waals surface area contributed by atoms with E-state index in [1.54, 1.807) is 10.7 Å². The Morgan fingerprint density at radius 2 is 1.87 bits per heavy atom. The van der Waals surface area contributed by atoms with E-state index in [9.17, 15) is 4.79 Å². The molecule has 122 valence electrons. The molecule has 0 bridgehead atoms. The fourth-order valence-corrected chi connectivity index (χ4v) is 2.46. The lowest BCUT2D eigenvalue weighted by Crippen LogP contribution is -2.41. The van der Waals surface area contributed by atoms with E-state index in [0.29, 0.717) is 5.65 Å². The summed E-state index contributed by atoms with van der Waals surface area (Å²) >= 11 is 0. The molecule has 23 heavy (non-hydrogen) atoms. The van der Waals surface area contributed by atoms with Crippen LogP contribution in [0.25, 0.3) is 5.65 Å². The first-order chi connectivity index (χ1) is 10.6. The molecule has 0 atom stereocenters. The second kappa shape index (κ2) is 5.04. The van der Waals surface area contributed by atoms with Crippen molar-refractivity contribution in [1.82, 2.24) is 14.6 Å². The van der Waals surface area contributed by atoms with Gasteiger partial charge in [0.2, 0.25) is 0 Å². The number of carbonyl (C=O) groups excluding carboxylic acids is 1. The molecule has 1 fully saturated rings. The van der Waals surface area contributed by atoms with E-state index >= 15 is 0 Å². The predicted octanol–water partition coefficient (Wildman–Crippen LogP) is 1.12. The molecule has 0 unspecified atom stereocenters. The fourth-order valence-electron chi connectivity index (χ4n) is 2.46. The molecule has 8 heteroatoms. The number of ether oxygens (including phenoxy) is 1. The molecule has 0 aliphatic carbocycles. The first kappa shape index (κ1) is 16.0. The summed E-state index contributed by atoms with van der Waals surface area (Å²) in [5.41, 5.74) is 1.47. The SMILES string of the molecule is COC(=O)c1nc2c(C)cc(B3OC(C)(C)C(C)(C)O3)cn2n1. The highest BCUT2D eigenvalue weighted by molar-refractivity contribution is 6.62. The van der Waals surface area contributed by atoms with E-state index in [-0.39, 0.29) is 5.82 Å². The van der Waals surface area contributed by atoms with Crippen LogP contribution in [0.5, 0.6) is 0 Å². The van der Waals surface area contributed by atoms with Gasteiger partial charge in [0.15, 0.2) is 5.65 Å². The quantitative estimate of drug-likeness (QED) is 0.610. The maximum Gasteiger partial charge on any atom is 0.496 e. The van der Waals surface area contributed by atoms with Gasteiger partial charge in [-0.05, 0) is 40.2 Å². The average Bonchev–Trinajstić information content (AvgIpc) is 2.97. The van der Waals surface area contributed by atoms with Gasteiger partial charge in [0.05, 0.1) is 18.3 Å². The van der Waals surface area contributed by atoms with Crippen LogP contribution in [0.4, 0.5) is 0 Å². The Bertz CT molecular complexity index is 768. The summed E-state index contributed by atoms with van der Waals surface area (Å²) in [7, 11) is 0.810. The standard InChI is InChI=1S/C15H20BN3O4/c1-9-7-10(16-22-14(2,3)15(4,5)23-16)8-19-12(9)17-11(18-19)13(20)21-6/h7-8H,1-6H3. The number of esters is 1. The molecular weight excluding hydrogens is 297 g/mol. The monoisotopic (exact) mass is 317 g/mol. The molecule has 0 N–H and O–H groups in total. The summed E-state index contributed by atoms with van der Waals surface area (Å²) in [6.45, 7) is 9.92. The van der Waals surface area contributed by atoms with Crippen LogP contribution in [0.15, 0.2) is 12.3 Å². The van der Waals surface area contributed by atoms with Gasteiger partial charge >= 0.3 is 13.1 Å². The van der Waals surface area contributed by atoms with Crippen molar-refractivity contribution in [2.45, 2.75) is 45.8 Å². The van der Waals surface area contributed by atoms with Gasteiger partial charge in [-0.15, -0.1) is 5.10 Å². The minimum absolute atomic E-state index is 0.0293. The highest BCUT2D eigenvalue weighted by atomic mass is 16.7. The minimum Gasteiger partial charge on any atom is -0.463 e. The summed E-state index contributed by atoms with van der Waals surface area (Å²) in [4.78, 5) is 15.8. The molecule has 3 heterocycles. The molecule has 7 nitrogen and oxygen atoms in total. The molecule has 1 aliphatic rings. The number of hydrogen-bond donors (Lipinski definition) is 0. The van der Waals surface area contributed by atoms with E-state index in [4.69, 9.17) is 9.31 Å². The second-order valence-electron chi connectivity index (χ2n) is 6.74. The Morgan fingerprint density at radius 3 is 2.43 bits per heavy atom. The van der Waals surface area contributed by atoms with Gasteiger partial charge in [-0.3, -0.25) is 0 Å². The van der Waals surface area contributed by atoms with Crippen molar-refractivity contribution in [2.75, 3.05) is 7.11 Å². The van der Waals surface area contributed by atoms with Gasteiger partial charge in [-0.2, -0.15) is 0 Å². The zero-order chi connectivity index (χ0) is 17.0. The third kappa shape index (κ3) is 2.51. The lowest BCUT2D eigenvalue weighted by Gasteiger charge is -2.32. The molecule has 2 aromatic heterocycles. The Morgan fingerprint density at radius 1 is 1.26 bits per heavy atom. The van der Waals surface area contributed by atoms with Crippen molar-refractivity contribution in [3.63, 3.8) is 0 Å². The van der Waals surface area contributed by atoms with Gasteiger partial charge in [0, 0.05) is 11.7 Å². The molecular formula is C15H20BN3O4. The number of aryl methyl sites for hydroxylation is 1. The van der Waals surface area contributed by atoms with Gasteiger partial charge in [-0.25, -0.2) is 14.3 Å². The summed E-state index contributed by atoms with van der Waals surface area (Å²) in [5.74, 6) is -0.535. The normalized spacial score (nSPS) is 19.3. The third-order valence-electron chi connectivity index (χ3n) is 4.53. The Labute approximate surface area is 135 Å². The molecule has 0 saturated carbocycles. The maximum atomic E-state index is 11.6. The topological polar surface area (TPSA) is 75.0 Å². The summed E-state index contributed by atoms with van der Waals surface area (Å²) in [6.07, 6.45) is 1.77. The highest BCUT2D eigenvalue weighted by Crippen LogP contribution is 2.36. The summed E-state index contributed by atoms with van der Waals surface area (Å²) < 4.78 is 18.3. The van der Waals surface area contributed by atoms with Crippen LogP contribution in [-0.4, -0.2) is 46.0 Å². The third-order valence-corrected chi connectivity index (χ3v) is 4.53. The van der Waals surface area contributed by atoms with Crippen LogP contribution < -0.4 is 5.46 Å². The summed E-state index contributed by atoms with van der Waals surface area (Å²) in [6, 6.07) is 1.94. The van der Waals surface area contributed by atoms with Crippen LogP contribution in [0.3, 0.4) is 0 Å². The van der Waals surface area contributed by atoms with Crippen LogP contribution in [0.2, 0.25) is 0 Å². The van der Waals surface area contributed by atoms with Crippen LogP contribution in [-0.2, 0) is 14.0 Å². The number of aromatic nitrogens is 3. The zero-order valence-corrected chi connectivity index (χ0v) is 14.2. The largest absolute Gasteiger partial charge is 0.496 e. The first-order valence-corrected chi connectivity index (χ1v) is 7.45. The second-order valence-corrected chi connectivity index (χ2v) is 6.74. The molecule has 0 amide bonds. The number of pyridine rings is 1. The number of fused-ring (bicyclic) bond motifs is 1. The molecule has 0 radical (unpaired) electrons.